The van der Waals surface area contributed by atoms with Gasteiger partial charge in [0.2, 0.25) is 0 Å². The molecule has 0 radical (unpaired) electrons. The molecule has 0 heterocycles. The summed E-state index contributed by atoms with van der Waals surface area (Å²) < 4.78 is 29.3. The van der Waals surface area contributed by atoms with Gasteiger partial charge in [0.05, 0.1) is 0 Å². The van der Waals surface area contributed by atoms with Gasteiger partial charge in [0.15, 0.2) is 0 Å². The summed E-state index contributed by atoms with van der Waals surface area (Å²) in [6.45, 7) is 0. The fraction of sp³-hybridized carbons (Fsp3) is 0. The topological polar surface area (TPSA) is 132 Å². The van der Waals surface area contributed by atoms with Crippen molar-refractivity contribution >= 4 is 68.2 Å². The van der Waals surface area contributed by atoms with Crippen molar-refractivity contribution in [2.45, 2.75) is 0 Å². The monoisotopic (exact) mass is 263 g/mol. The van der Waals surface area contributed by atoms with Gasteiger partial charge in [-0.05, 0) is 0 Å². The van der Waals surface area contributed by atoms with Crippen molar-refractivity contribution in [1.29, 1.82) is 5.26 Å². The Morgan fingerprint density at radius 1 is 1.29 bits per heavy atom. The van der Waals surface area contributed by atoms with Crippen LogP contribution < -0.4 is 0 Å². The molecule has 1 N–H and O–H groups in total. The van der Waals surface area contributed by atoms with E-state index in [1.807, 2.05) is 0 Å². The van der Waals surface area contributed by atoms with Gasteiger partial charge in [-0.1, -0.05) is 24.4 Å². The largest absolute Gasteiger partial charge is 2.00 e. The maximum atomic E-state index is 9.34. The standard InChI is InChI=1S/CHNO4S.2CNS.Mg/c2-1-6-7(3,4)5;2*2-1-3;/h(H,3,4,5);;;/q;2*-1;+2. The molecular weight excluding hydrogens is 263 g/mol. The summed E-state index contributed by atoms with van der Waals surface area (Å²) in [5.74, 6) is 0. The zero-order valence-electron chi connectivity index (χ0n) is 6.45. The molecule has 0 aliphatic heterocycles. The Balaban J connectivity index is -0.0000000610. The Morgan fingerprint density at radius 3 is 1.50 bits per heavy atom. The van der Waals surface area contributed by atoms with E-state index in [0.717, 1.165) is 6.26 Å². The van der Waals surface area contributed by atoms with Gasteiger partial charge in [0.1, 0.15) is 0 Å². The molecule has 0 saturated heterocycles. The summed E-state index contributed by atoms with van der Waals surface area (Å²) in [7, 11) is -4.54. The molecular formula is C3HMgN3O4S3. The normalized spacial score (nSPS) is 6.00. The molecule has 0 rings (SSSR count). The second-order valence-electron chi connectivity index (χ2n) is 0.785. The van der Waals surface area contributed by atoms with Gasteiger partial charge >= 0.3 is 39.7 Å². The first-order valence-electron chi connectivity index (χ1n) is 1.97. The molecule has 0 aliphatic rings. The first-order valence-corrected chi connectivity index (χ1v) is 4.15. The maximum Gasteiger partial charge on any atom is 2.00 e. The zero-order chi connectivity index (χ0) is 11.3. The third-order valence-electron chi connectivity index (χ3n) is 0.143. The van der Waals surface area contributed by atoms with E-state index >= 15 is 0 Å². The smallest absolute Gasteiger partial charge is 0.753 e. The van der Waals surface area contributed by atoms with Crippen molar-refractivity contribution in [2.75, 3.05) is 0 Å². The molecule has 0 atom stereocenters. The van der Waals surface area contributed by atoms with Crippen LogP contribution in [-0.4, -0.2) is 46.3 Å². The molecule has 0 spiro atoms. The summed E-state index contributed by atoms with van der Waals surface area (Å²) >= 11 is 7.40. The minimum absolute atomic E-state index is 0. The van der Waals surface area contributed by atoms with Gasteiger partial charge in [-0.15, -0.1) is 5.26 Å². The van der Waals surface area contributed by atoms with E-state index < -0.39 is 10.4 Å². The molecule has 0 fully saturated rings. The zero-order valence-corrected chi connectivity index (χ0v) is 10.3. The summed E-state index contributed by atoms with van der Waals surface area (Å²) in [6.07, 6.45) is 0.770. The molecule has 0 aromatic carbocycles. The van der Waals surface area contributed by atoms with Crippen molar-refractivity contribution in [1.82, 2.24) is 0 Å². The Kier molecular flexibility index (Phi) is 30.7. The third-order valence-corrected chi connectivity index (χ3v) is 0.428. The summed E-state index contributed by atoms with van der Waals surface area (Å²) in [4.78, 5) is 0. The van der Waals surface area contributed by atoms with Gasteiger partial charge in [-0.2, -0.15) is 18.7 Å². The molecule has 72 valence electrons. The maximum absolute atomic E-state index is 9.34. The summed E-state index contributed by atoms with van der Waals surface area (Å²) in [5.41, 5.74) is 0. The predicted octanol–water partition coefficient (Wildman–Crippen LogP) is 0.223. The van der Waals surface area contributed by atoms with Crippen LogP contribution in [0, 0.1) is 11.5 Å². The SMILES string of the molecule is N#COS(=O)(=O)O.[Mg+2].[N-]=C=S.[N-]=C=S. The first-order chi connectivity index (χ1) is 5.89. The van der Waals surface area contributed by atoms with Gasteiger partial charge in [0.25, 0.3) is 0 Å². The number of isothiocyanates is 2. The van der Waals surface area contributed by atoms with Crippen LogP contribution in [0.5, 0.6) is 0 Å². The Hall–Kier alpha value is -0.434. The number of nitrogens with zero attached hydrogens (tertiary/aromatic N) is 3. The van der Waals surface area contributed by atoms with Gasteiger partial charge in [0, 0.05) is 0 Å². The Morgan fingerprint density at radius 2 is 1.50 bits per heavy atom. The minimum atomic E-state index is -4.54. The van der Waals surface area contributed by atoms with Crippen LogP contribution in [0.1, 0.15) is 0 Å². The number of hydrogen-bond donors (Lipinski definition) is 1. The number of rotatable bonds is 1. The van der Waals surface area contributed by atoms with Crippen molar-refractivity contribution in [2.24, 2.45) is 0 Å². The summed E-state index contributed by atoms with van der Waals surface area (Å²) in [6, 6.07) is 0. The second kappa shape index (κ2) is 18.4. The molecule has 0 aromatic heterocycles. The fourth-order valence-electron chi connectivity index (χ4n) is 0.0471. The van der Waals surface area contributed by atoms with Crippen LogP contribution in [0.3, 0.4) is 0 Å². The van der Waals surface area contributed by atoms with E-state index in [-0.39, 0.29) is 23.1 Å². The Labute approximate surface area is 107 Å². The van der Waals surface area contributed by atoms with E-state index in [1.54, 1.807) is 0 Å². The molecule has 11 heteroatoms. The number of thiocarbonyl (C=S) groups is 2. The van der Waals surface area contributed by atoms with E-state index in [1.165, 1.54) is 10.3 Å². The van der Waals surface area contributed by atoms with Crippen molar-refractivity contribution < 1.29 is 17.2 Å². The van der Waals surface area contributed by atoms with Crippen LogP contribution in [0.15, 0.2) is 0 Å². The van der Waals surface area contributed by atoms with E-state index in [0.29, 0.717) is 0 Å². The van der Waals surface area contributed by atoms with Crippen LogP contribution in [0.25, 0.3) is 10.8 Å². The first kappa shape index (κ1) is 23.4. The van der Waals surface area contributed by atoms with Crippen LogP contribution in [0.4, 0.5) is 0 Å². The Bertz CT molecular complexity index is 309. The molecule has 7 nitrogen and oxygen atoms in total. The number of hydrogen-bond acceptors (Lipinski definition) is 6. The van der Waals surface area contributed by atoms with E-state index in [4.69, 9.17) is 20.6 Å². The second-order valence-corrected chi connectivity index (χ2v) is 2.17. The van der Waals surface area contributed by atoms with Crippen molar-refractivity contribution in [3.05, 3.63) is 10.8 Å². The van der Waals surface area contributed by atoms with Gasteiger partial charge in [-0.3, -0.25) is 8.74 Å². The molecule has 0 saturated carbocycles. The molecule has 0 amide bonds. The molecule has 0 bridgehead atoms. The molecule has 14 heavy (non-hydrogen) atoms. The summed E-state index contributed by atoms with van der Waals surface area (Å²) in [5, 5.41) is 24.3. The minimum Gasteiger partial charge on any atom is -0.753 e. The van der Waals surface area contributed by atoms with Gasteiger partial charge < -0.3 is 10.8 Å². The molecule has 0 unspecified atom stereocenters. The van der Waals surface area contributed by atoms with E-state index in [9.17, 15) is 8.42 Å². The van der Waals surface area contributed by atoms with Gasteiger partial charge in [-0.25, -0.2) is 0 Å². The fourth-order valence-corrected chi connectivity index (χ4v) is 0.141. The molecule has 0 aromatic rings. The van der Waals surface area contributed by atoms with Crippen molar-refractivity contribution in [3.63, 3.8) is 0 Å². The van der Waals surface area contributed by atoms with Crippen LogP contribution in [-0.2, 0) is 14.6 Å². The van der Waals surface area contributed by atoms with Crippen LogP contribution >= 0.6 is 24.4 Å². The average Bonchev–Trinajstić information content (AvgIpc) is 1.87. The third kappa shape index (κ3) is 102. The predicted molar refractivity (Wildman–Crippen MR) is 55.9 cm³/mol. The van der Waals surface area contributed by atoms with Crippen LogP contribution in [0.2, 0.25) is 0 Å². The van der Waals surface area contributed by atoms with E-state index in [2.05, 4.69) is 28.6 Å². The molecule has 0 aliphatic carbocycles. The number of nitriles is 1. The van der Waals surface area contributed by atoms with Crippen molar-refractivity contribution in [3.8, 4) is 6.26 Å². The quantitative estimate of drug-likeness (QED) is 0.235. The average molecular weight is 264 g/mol.